The van der Waals surface area contributed by atoms with Crippen LogP contribution in [0.15, 0.2) is 0 Å². The van der Waals surface area contributed by atoms with Crippen molar-refractivity contribution >= 4 is 0 Å². The molecule has 5 heteroatoms. The molecule has 0 fully saturated rings. The predicted molar refractivity (Wildman–Crippen MR) is 37.2 cm³/mol. The standard InChI is InChI=1S/C6H13F3N2/c1-5(10)3-11(2)4-6(7,8)9/h5H,3-4,10H2,1-2H3/t5-/m1/s1. The molecule has 0 aromatic carbocycles. The Hall–Kier alpha value is -0.290. The molecule has 0 aromatic rings. The molecule has 0 saturated heterocycles. The fraction of sp³-hybridized carbons (Fsp3) is 1.00. The first-order chi connectivity index (χ1) is 4.81. The van der Waals surface area contributed by atoms with Crippen molar-refractivity contribution in [2.24, 2.45) is 5.73 Å². The molecule has 0 amide bonds. The second-order valence-electron chi connectivity index (χ2n) is 2.79. The van der Waals surface area contributed by atoms with E-state index in [9.17, 15) is 13.2 Å². The van der Waals surface area contributed by atoms with Crippen LogP contribution in [0.4, 0.5) is 13.2 Å². The van der Waals surface area contributed by atoms with Crippen molar-refractivity contribution < 1.29 is 13.2 Å². The largest absolute Gasteiger partial charge is 0.401 e. The van der Waals surface area contributed by atoms with Gasteiger partial charge in [-0.25, -0.2) is 0 Å². The zero-order chi connectivity index (χ0) is 9.07. The number of nitrogens with zero attached hydrogens (tertiary/aromatic N) is 1. The van der Waals surface area contributed by atoms with Gasteiger partial charge in [0.25, 0.3) is 0 Å². The summed E-state index contributed by atoms with van der Waals surface area (Å²) in [7, 11) is 1.40. The Morgan fingerprint density at radius 3 is 2.18 bits per heavy atom. The second kappa shape index (κ2) is 3.92. The van der Waals surface area contributed by atoms with Crippen molar-refractivity contribution in [1.29, 1.82) is 0 Å². The van der Waals surface area contributed by atoms with Gasteiger partial charge in [0.15, 0.2) is 0 Å². The van der Waals surface area contributed by atoms with Gasteiger partial charge in [-0.2, -0.15) is 13.2 Å². The van der Waals surface area contributed by atoms with E-state index in [4.69, 9.17) is 5.73 Å². The van der Waals surface area contributed by atoms with E-state index in [0.717, 1.165) is 4.90 Å². The van der Waals surface area contributed by atoms with Gasteiger partial charge in [-0.05, 0) is 14.0 Å². The summed E-state index contributed by atoms with van der Waals surface area (Å²) in [6.07, 6.45) is -4.12. The van der Waals surface area contributed by atoms with E-state index in [2.05, 4.69) is 0 Å². The van der Waals surface area contributed by atoms with Crippen molar-refractivity contribution in [1.82, 2.24) is 4.90 Å². The molecule has 0 bridgehead atoms. The Bertz CT molecular complexity index is 111. The van der Waals surface area contributed by atoms with E-state index >= 15 is 0 Å². The summed E-state index contributed by atoms with van der Waals surface area (Å²) in [5.74, 6) is 0. The van der Waals surface area contributed by atoms with Crippen LogP contribution < -0.4 is 5.73 Å². The topological polar surface area (TPSA) is 29.3 Å². The zero-order valence-electron chi connectivity index (χ0n) is 6.65. The van der Waals surface area contributed by atoms with Crippen LogP contribution in [0, 0.1) is 0 Å². The first-order valence-electron chi connectivity index (χ1n) is 3.32. The lowest BCUT2D eigenvalue weighted by atomic mass is 10.3. The zero-order valence-corrected chi connectivity index (χ0v) is 6.65. The summed E-state index contributed by atoms with van der Waals surface area (Å²) in [5.41, 5.74) is 5.30. The van der Waals surface area contributed by atoms with Gasteiger partial charge in [-0.1, -0.05) is 0 Å². The Morgan fingerprint density at radius 2 is 1.91 bits per heavy atom. The third kappa shape index (κ3) is 7.61. The number of halogens is 3. The van der Waals surface area contributed by atoms with Gasteiger partial charge in [0, 0.05) is 12.6 Å². The fourth-order valence-electron chi connectivity index (χ4n) is 0.862. The van der Waals surface area contributed by atoms with E-state index in [0.29, 0.717) is 0 Å². The van der Waals surface area contributed by atoms with Crippen molar-refractivity contribution in [3.05, 3.63) is 0 Å². The van der Waals surface area contributed by atoms with Crippen LogP contribution >= 0.6 is 0 Å². The molecular formula is C6H13F3N2. The molecule has 1 atom stereocenters. The summed E-state index contributed by atoms with van der Waals surface area (Å²) in [5, 5.41) is 0. The number of hydrogen-bond donors (Lipinski definition) is 1. The maximum absolute atomic E-state index is 11.7. The summed E-state index contributed by atoms with van der Waals surface area (Å²) < 4.78 is 35.0. The predicted octanol–water partition coefficient (Wildman–Crippen LogP) is 0.828. The molecule has 0 aliphatic carbocycles. The fourth-order valence-corrected chi connectivity index (χ4v) is 0.862. The molecule has 11 heavy (non-hydrogen) atoms. The smallest absolute Gasteiger partial charge is 0.327 e. The van der Waals surface area contributed by atoms with Gasteiger partial charge in [0.05, 0.1) is 6.54 Å². The van der Waals surface area contributed by atoms with Crippen molar-refractivity contribution in [2.75, 3.05) is 20.1 Å². The third-order valence-electron chi connectivity index (χ3n) is 1.05. The molecule has 2 nitrogen and oxygen atoms in total. The average molecular weight is 170 g/mol. The summed E-state index contributed by atoms with van der Waals surface area (Å²) in [6.45, 7) is 1.04. The van der Waals surface area contributed by atoms with Crippen molar-refractivity contribution in [2.45, 2.75) is 19.1 Å². The summed E-state index contributed by atoms with van der Waals surface area (Å²) in [4.78, 5) is 1.16. The third-order valence-corrected chi connectivity index (χ3v) is 1.05. The highest BCUT2D eigenvalue weighted by Gasteiger charge is 2.29. The molecule has 0 rings (SSSR count). The van der Waals surface area contributed by atoms with E-state index in [1.807, 2.05) is 0 Å². The lowest BCUT2D eigenvalue weighted by molar-refractivity contribution is -0.143. The van der Waals surface area contributed by atoms with Crippen LogP contribution in [0.25, 0.3) is 0 Å². The highest BCUT2D eigenvalue weighted by Crippen LogP contribution is 2.15. The minimum Gasteiger partial charge on any atom is -0.327 e. The number of alkyl halides is 3. The molecule has 0 aliphatic heterocycles. The lowest BCUT2D eigenvalue weighted by Crippen LogP contribution is -2.38. The second-order valence-corrected chi connectivity index (χ2v) is 2.79. The van der Waals surface area contributed by atoms with Gasteiger partial charge in [-0.15, -0.1) is 0 Å². The van der Waals surface area contributed by atoms with E-state index in [1.54, 1.807) is 6.92 Å². The van der Waals surface area contributed by atoms with Crippen molar-refractivity contribution in [3.63, 3.8) is 0 Å². The summed E-state index contributed by atoms with van der Waals surface area (Å²) in [6, 6.07) is -0.220. The monoisotopic (exact) mass is 170 g/mol. The Kier molecular flexibility index (Phi) is 3.82. The first-order valence-corrected chi connectivity index (χ1v) is 3.32. The lowest BCUT2D eigenvalue weighted by Gasteiger charge is -2.19. The van der Waals surface area contributed by atoms with E-state index in [-0.39, 0.29) is 12.6 Å². The maximum atomic E-state index is 11.7. The molecule has 0 spiro atoms. The van der Waals surface area contributed by atoms with Crippen LogP contribution in [0.3, 0.4) is 0 Å². The Balaban J connectivity index is 3.61. The summed E-state index contributed by atoms with van der Waals surface area (Å²) >= 11 is 0. The maximum Gasteiger partial charge on any atom is 0.401 e. The van der Waals surface area contributed by atoms with Gasteiger partial charge >= 0.3 is 6.18 Å². The number of likely N-dealkylation sites (N-methyl/N-ethyl adjacent to an activating group) is 1. The number of hydrogen-bond acceptors (Lipinski definition) is 2. The van der Waals surface area contributed by atoms with Crippen LogP contribution in [0.1, 0.15) is 6.92 Å². The Labute approximate surface area is 64.2 Å². The van der Waals surface area contributed by atoms with Gasteiger partial charge < -0.3 is 5.73 Å². The van der Waals surface area contributed by atoms with E-state index < -0.39 is 12.7 Å². The van der Waals surface area contributed by atoms with Gasteiger partial charge in [0.2, 0.25) is 0 Å². The SMILES string of the molecule is C[C@@H](N)CN(C)CC(F)(F)F. The van der Waals surface area contributed by atoms with Crippen LogP contribution in [0.2, 0.25) is 0 Å². The molecular weight excluding hydrogens is 157 g/mol. The highest BCUT2D eigenvalue weighted by molar-refractivity contribution is 4.63. The van der Waals surface area contributed by atoms with Gasteiger partial charge in [0.1, 0.15) is 0 Å². The number of nitrogens with two attached hydrogens (primary N) is 1. The minimum atomic E-state index is -4.12. The first kappa shape index (κ1) is 10.7. The van der Waals surface area contributed by atoms with Gasteiger partial charge in [-0.3, -0.25) is 4.90 Å². The average Bonchev–Trinajstić information content (AvgIpc) is 1.53. The molecule has 68 valence electrons. The molecule has 0 unspecified atom stereocenters. The van der Waals surface area contributed by atoms with Crippen LogP contribution in [-0.4, -0.2) is 37.3 Å². The molecule has 0 heterocycles. The van der Waals surface area contributed by atoms with Crippen molar-refractivity contribution in [3.8, 4) is 0 Å². The quantitative estimate of drug-likeness (QED) is 0.679. The molecule has 0 aromatic heterocycles. The van der Waals surface area contributed by atoms with Crippen LogP contribution in [0.5, 0.6) is 0 Å². The van der Waals surface area contributed by atoms with E-state index in [1.165, 1.54) is 7.05 Å². The minimum absolute atomic E-state index is 0.220. The molecule has 2 N–H and O–H groups in total. The van der Waals surface area contributed by atoms with Crippen LogP contribution in [-0.2, 0) is 0 Å². The molecule has 0 saturated carbocycles. The highest BCUT2D eigenvalue weighted by atomic mass is 19.4. The normalized spacial score (nSPS) is 15.5. The number of rotatable bonds is 3. The Morgan fingerprint density at radius 1 is 1.45 bits per heavy atom. The molecule has 0 aliphatic rings. The molecule has 0 radical (unpaired) electrons.